The highest BCUT2D eigenvalue weighted by Gasteiger charge is 2.22. The minimum Gasteiger partial charge on any atom is -0.350 e. The van der Waals surface area contributed by atoms with Crippen molar-refractivity contribution < 1.29 is 9.59 Å². The quantitative estimate of drug-likeness (QED) is 0.854. The molecule has 0 atom stereocenters. The summed E-state index contributed by atoms with van der Waals surface area (Å²) in [5.41, 5.74) is 1.61. The number of likely N-dealkylation sites (N-methyl/N-ethyl adjacent to an activating group) is 1. The second kappa shape index (κ2) is 8.97. The molecular formula is C20H23ClN4O2. The van der Waals surface area contributed by atoms with Crippen molar-refractivity contribution in [2.45, 2.75) is 6.42 Å². The van der Waals surface area contributed by atoms with E-state index in [1.54, 1.807) is 23.1 Å². The third-order valence-corrected chi connectivity index (χ3v) is 4.81. The number of aromatic nitrogens is 1. The standard InChI is InChI=1S/C20H23ClN4O2/c1-24-10-12-25(13-11-24)20(27)18-7-3-6-17(23-18)19(26)22-9-8-15-4-2-5-16(21)14-15/h2-7,14H,8-13H2,1H3,(H,22,26). The van der Waals surface area contributed by atoms with Crippen molar-refractivity contribution in [1.82, 2.24) is 20.1 Å². The summed E-state index contributed by atoms with van der Waals surface area (Å²) >= 11 is 5.97. The second-order valence-corrected chi connectivity index (χ2v) is 7.08. The van der Waals surface area contributed by atoms with Gasteiger partial charge in [0.25, 0.3) is 11.8 Å². The van der Waals surface area contributed by atoms with E-state index in [4.69, 9.17) is 11.6 Å². The van der Waals surface area contributed by atoms with Crippen molar-refractivity contribution in [3.63, 3.8) is 0 Å². The summed E-state index contributed by atoms with van der Waals surface area (Å²) < 4.78 is 0. The molecule has 3 rings (SSSR count). The molecule has 0 unspecified atom stereocenters. The molecule has 1 fully saturated rings. The Morgan fingerprint density at radius 2 is 1.78 bits per heavy atom. The maximum absolute atomic E-state index is 12.6. The number of piperazine rings is 1. The van der Waals surface area contributed by atoms with Gasteiger partial charge >= 0.3 is 0 Å². The van der Waals surface area contributed by atoms with Crippen LogP contribution in [-0.4, -0.2) is 66.4 Å². The van der Waals surface area contributed by atoms with E-state index in [0.717, 1.165) is 18.7 Å². The van der Waals surface area contributed by atoms with Gasteiger partial charge in [-0.15, -0.1) is 0 Å². The number of nitrogens with zero attached hydrogens (tertiary/aromatic N) is 3. The van der Waals surface area contributed by atoms with Crippen LogP contribution in [0.5, 0.6) is 0 Å². The zero-order valence-electron chi connectivity index (χ0n) is 15.3. The van der Waals surface area contributed by atoms with Crippen LogP contribution in [0.2, 0.25) is 5.02 Å². The molecular weight excluding hydrogens is 364 g/mol. The lowest BCUT2D eigenvalue weighted by Crippen LogP contribution is -2.47. The van der Waals surface area contributed by atoms with Crippen molar-refractivity contribution in [2.75, 3.05) is 39.8 Å². The summed E-state index contributed by atoms with van der Waals surface area (Å²) in [7, 11) is 2.04. The summed E-state index contributed by atoms with van der Waals surface area (Å²) in [5, 5.41) is 3.52. The summed E-state index contributed by atoms with van der Waals surface area (Å²) in [6, 6.07) is 12.5. The second-order valence-electron chi connectivity index (χ2n) is 6.64. The molecule has 1 aliphatic heterocycles. The van der Waals surface area contributed by atoms with Crippen molar-refractivity contribution in [3.05, 3.63) is 64.4 Å². The van der Waals surface area contributed by atoms with Crippen LogP contribution in [0.1, 0.15) is 26.5 Å². The van der Waals surface area contributed by atoms with E-state index in [1.165, 1.54) is 0 Å². The Morgan fingerprint density at radius 1 is 1.07 bits per heavy atom. The molecule has 0 spiro atoms. The van der Waals surface area contributed by atoms with Crippen LogP contribution in [0.15, 0.2) is 42.5 Å². The van der Waals surface area contributed by atoms with Crippen molar-refractivity contribution in [3.8, 4) is 0 Å². The van der Waals surface area contributed by atoms with Crippen LogP contribution in [-0.2, 0) is 6.42 Å². The normalized spacial score (nSPS) is 14.8. The highest BCUT2D eigenvalue weighted by Crippen LogP contribution is 2.11. The molecule has 0 saturated carbocycles. The predicted molar refractivity (Wildman–Crippen MR) is 105 cm³/mol. The third kappa shape index (κ3) is 5.28. The van der Waals surface area contributed by atoms with Crippen LogP contribution >= 0.6 is 11.6 Å². The van der Waals surface area contributed by atoms with Crippen molar-refractivity contribution in [2.24, 2.45) is 0 Å². The first-order chi connectivity index (χ1) is 13.0. The zero-order valence-corrected chi connectivity index (χ0v) is 16.1. The van der Waals surface area contributed by atoms with Gasteiger partial charge < -0.3 is 15.1 Å². The molecule has 6 nitrogen and oxygen atoms in total. The molecule has 1 aliphatic rings. The minimum absolute atomic E-state index is 0.128. The van der Waals surface area contributed by atoms with Gasteiger partial charge in [-0.25, -0.2) is 4.98 Å². The monoisotopic (exact) mass is 386 g/mol. The van der Waals surface area contributed by atoms with E-state index in [9.17, 15) is 9.59 Å². The Labute approximate surface area is 164 Å². The Bertz CT molecular complexity index is 819. The Hall–Kier alpha value is -2.44. The summed E-state index contributed by atoms with van der Waals surface area (Å²) in [4.78, 5) is 33.2. The number of rotatable bonds is 5. The highest BCUT2D eigenvalue weighted by atomic mass is 35.5. The number of carbonyl (C=O) groups excluding carboxylic acids is 2. The number of amides is 2. The van der Waals surface area contributed by atoms with E-state index in [2.05, 4.69) is 15.2 Å². The zero-order chi connectivity index (χ0) is 19.2. The number of benzene rings is 1. The average Bonchev–Trinajstić information content (AvgIpc) is 2.68. The van der Waals surface area contributed by atoms with Gasteiger partial charge in [0.15, 0.2) is 0 Å². The molecule has 2 amide bonds. The Balaban J connectivity index is 1.57. The summed E-state index contributed by atoms with van der Waals surface area (Å²) in [5.74, 6) is -0.415. The van der Waals surface area contributed by atoms with Crippen molar-refractivity contribution in [1.29, 1.82) is 0 Å². The third-order valence-electron chi connectivity index (χ3n) is 4.58. The smallest absolute Gasteiger partial charge is 0.272 e. The van der Waals surface area contributed by atoms with Gasteiger partial charge in [0.2, 0.25) is 0 Å². The maximum Gasteiger partial charge on any atom is 0.272 e. The van der Waals surface area contributed by atoms with Crippen LogP contribution in [0.3, 0.4) is 0 Å². The van der Waals surface area contributed by atoms with Crippen LogP contribution in [0.25, 0.3) is 0 Å². The number of nitrogens with one attached hydrogen (secondary N) is 1. The molecule has 0 aliphatic carbocycles. The molecule has 0 radical (unpaired) electrons. The minimum atomic E-state index is -0.287. The molecule has 2 heterocycles. The number of hydrogen-bond acceptors (Lipinski definition) is 4. The lowest BCUT2D eigenvalue weighted by molar-refractivity contribution is 0.0658. The highest BCUT2D eigenvalue weighted by molar-refractivity contribution is 6.30. The maximum atomic E-state index is 12.6. The first kappa shape index (κ1) is 19.3. The van der Waals surface area contributed by atoms with Gasteiger partial charge in [0, 0.05) is 37.7 Å². The van der Waals surface area contributed by atoms with Gasteiger partial charge in [0.05, 0.1) is 0 Å². The van der Waals surface area contributed by atoms with E-state index < -0.39 is 0 Å². The van der Waals surface area contributed by atoms with Gasteiger partial charge in [-0.2, -0.15) is 0 Å². The largest absolute Gasteiger partial charge is 0.350 e. The van der Waals surface area contributed by atoms with Gasteiger partial charge in [-0.3, -0.25) is 9.59 Å². The molecule has 2 aromatic rings. The molecule has 1 saturated heterocycles. The summed E-state index contributed by atoms with van der Waals surface area (Å²) in [6.45, 7) is 3.50. The van der Waals surface area contributed by atoms with E-state index in [0.29, 0.717) is 36.8 Å². The number of hydrogen-bond donors (Lipinski definition) is 1. The molecule has 1 aromatic heterocycles. The van der Waals surface area contributed by atoms with Gasteiger partial charge in [0.1, 0.15) is 11.4 Å². The lowest BCUT2D eigenvalue weighted by atomic mass is 10.1. The van der Waals surface area contributed by atoms with Crippen molar-refractivity contribution >= 4 is 23.4 Å². The molecule has 142 valence electrons. The fraction of sp³-hybridized carbons (Fsp3) is 0.350. The summed E-state index contributed by atoms with van der Waals surface area (Å²) in [6.07, 6.45) is 0.673. The van der Waals surface area contributed by atoms with Crippen LogP contribution < -0.4 is 5.32 Å². The molecule has 27 heavy (non-hydrogen) atoms. The van der Waals surface area contributed by atoms with E-state index >= 15 is 0 Å². The predicted octanol–water partition coefficient (Wildman–Crippen LogP) is 2.10. The lowest BCUT2D eigenvalue weighted by Gasteiger charge is -2.32. The number of carbonyl (C=O) groups is 2. The SMILES string of the molecule is CN1CCN(C(=O)c2cccc(C(=O)NCCc3cccc(Cl)c3)n2)CC1. The topological polar surface area (TPSA) is 65.5 Å². The van der Waals surface area contributed by atoms with E-state index in [1.807, 2.05) is 31.3 Å². The van der Waals surface area contributed by atoms with Gasteiger partial charge in [-0.1, -0.05) is 29.8 Å². The fourth-order valence-corrected chi connectivity index (χ4v) is 3.17. The van der Waals surface area contributed by atoms with Crippen LogP contribution in [0.4, 0.5) is 0 Å². The van der Waals surface area contributed by atoms with E-state index in [-0.39, 0.29) is 17.5 Å². The first-order valence-electron chi connectivity index (χ1n) is 9.00. The molecule has 7 heteroatoms. The Kier molecular flexibility index (Phi) is 6.42. The molecule has 0 bridgehead atoms. The Morgan fingerprint density at radius 3 is 2.52 bits per heavy atom. The van der Waals surface area contributed by atoms with Crippen LogP contribution in [0, 0.1) is 0 Å². The molecule has 1 N–H and O–H groups in total. The number of pyridine rings is 1. The number of halogens is 1. The first-order valence-corrected chi connectivity index (χ1v) is 9.38. The molecule has 1 aromatic carbocycles. The average molecular weight is 387 g/mol. The fourth-order valence-electron chi connectivity index (χ4n) is 2.96. The van der Waals surface area contributed by atoms with Gasteiger partial charge in [-0.05, 0) is 43.3 Å².